The highest BCUT2D eigenvalue weighted by molar-refractivity contribution is 7.09. The minimum atomic E-state index is -0.533. The molecule has 0 radical (unpaired) electrons. The molecule has 21 heavy (non-hydrogen) atoms. The van der Waals surface area contributed by atoms with Crippen molar-refractivity contribution >= 4 is 28.8 Å². The van der Waals surface area contributed by atoms with E-state index < -0.39 is 6.10 Å². The molecule has 112 valence electrons. The summed E-state index contributed by atoms with van der Waals surface area (Å²) in [5.41, 5.74) is 0.930. The summed E-state index contributed by atoms with van der Waals surface area (Å²) in [6, 6.07) is 9.44. The topological polar surface area (TPSA) is 38.3 Å². The van der Waals surface area contributed by atoms with Gasteiger partial charge in [-0.05, 0) is 55.5 Å². The Morgan fingerprint density at radius 2 is 2.24 bits per heavy atom. The molecule has 0 fully saturated rings. The first kappa shape index (κ1) is 15.9. The number of benzene rings is 1. The lowest BCUT2D eigenvalue weighted by molar-refractivity contribution is -0.127. The van der Waals surface area contributed by atoms with Gasteiger partial charge >= 0.3 is 0 Å². The fraction of sp³-hybridized carbons (Fsp3) is 0.312. The molecule has 1 aromatic carbocycles. The van der Waals surface area contributed by atoms with Gasteiger partial charge in [-0.2, -0.15) is 0 Å². The van der Waals surface area contributed by atoms with Gasteiger partial charge in [-0.1, -0.05) is 17.7 Å². The first-order chi connectivity index (χ1) is 10.1. The molecule has 0 saturated heterocycles. The van der Waals surface area contributed by atoms with Crippen LogP contribution in [0.4, 0.5) is 0 Å². The lowest BCUT2D eigenvalue weighted by atomic mass is 10.2. The Labute approximate surface area is 133 Å². The molecule has 2 aromatic rings. The van der Waals surface area contributed by atoms with Crippen LogP contribution in [0.2, 0.25) is 5.02 Å². The van der Waals surface area contributed by atoms with Crippen LogP contribution in [0.25, 0.3) is 0 Å². The van der Waals surface area contributed by atoms with Crippen molar-refractivity contribution in [1.82, 2.24) is 5.32 Å². The van der Waals surface area contributed by atoms with E-state index in [1.807, 2.05) is 24.4 Å². The molecule has 1 aromatic heterocycles. The van der Waals surface area contributed by atoms with Gasteiger partial charge in [0.05, 0.1) is 0 Å². The lowest BCUT2D eigenvalue weighted by Gasteiger charge is -2.15. The minimum absolute atomic E-state index is 0.112. The Morgan fingerprint density at radius 1 is 1.43 bits per heavy atom. The van der Waals surface area contributed by atoms with E-state index >= 15 is 0 Å². The molecule has 3 nitrogen and oxygen atoms in total. The van der Waals surface area contributed by atoms with E-state index in [2.05, 4.69) is 11.4 Å². The van der Waals surface area contributed by atoms with E-state index in [4.69, 9.17) is 16.3 Å². The Morgan fingerprint density at radius 3 is 2.90 bits per heavy atom. The molecular formula is C16H18ClNO2S. The van der Waals surface area contributed by atoms with Crippen LogP contribution in [0.15, 0.2) is 35.7 Å². The highest BCUT2D eigenvalue weighted by Gasteiger charge is 2.14. The second-order valence-electron chi connectivity index (χ2n) is 4.79. The number of carbonyl (C=O) groups excluding carboxylic acids is 1. The molecule has 1 atom stereocenters. The van der Waals surface area contributed by atoms with E-state index in [9.17, 15) is 4.79 Å². The van der Waals surface area contributed by atoms with Gasteiger partial charge < -0.3 is 10.1 Å². The molecule has 1 heterocycles. The highest BCUT2D eigenvalue weighted by Crippen LogP contribution is 2.21. The van der Waals surface area contributed by atoms with Gasteiger partial charge in [0, 0.05) is 16.4 Å². The molecule has 1 amide bonds. The SMILES string of the molecule is Cc1cc(OC(C)C(=O)NCCc2cccs2)ccc1Cl. The van der Waals surface area contributed by atoms with Crippen LogP contribution in [-0.2, 0) is 11.2 Å². The number of nitrogens with one attached hydrogen (secondary N) is 1. The second-order valence-corrected chi connectivity index (χ2v) is 6.23. The van der Waals surface area contributed by atoms with Gasteiger partial charge in [-0.15, -0.1) is 11.3 Å². The smallest absolute Gasteiger partial charge is 0.260 e. The van der Waals surface area contributed by atoms with Crippen LogP contribution >= 0.6 is 22.9 Å². The normalized spacial score (nSPS) is 12.0. The van der Waals surface area contributed by atoms with Gasteiger partial charge in [0.1, 0.15) is 5.75 Å². The van der Waals surface area contributed by atoms with Gasteiger partial charge in [-0.25, -0.2) is 0 Å². The molecule has 0 saturated carbocycles. The number of hydrogen-bond acceptors (Lipinski definition) is 3. The maximum Gasteiger partial charge on any atom is 0.260 e. The molecule has 1 unspecified atom stereocenters. The van der Waals surface area contributed by atoms with Crippen LogP contribution in [-0.4, -0.2) is 18.6 Å². The standard InChI is InChI=1S/C16H18ClNO2S/c1-11-10-13(5-6-15(11)17)20-12(2)16(19)18-8-7-14-4-3-9-21-14/h3-6,9-10,12H,7-8H2,1-2H3,(H,18,19). The quantitative estimate of drug-likeness (QED) is 0.877. The highest BCUT2D eigenvalue weighted by atomic mass is 35.5. The largest absolute Gasteiger partial charge is 0.481 e. The summed E-state index contributed by atoms with van der Waals surface area (Å²) >= 11 is 7.66. The van der Waals surface area contributed by atoms with Crippen LogP contribution in [0.1, 0.15) is 17.4 Å². The second kappa shape index (κ2) is 7.48. The molecule has 1 N–H and O–H groups in total. The molecule has 0 spiro atoms. The van der Waals surface area contributed by atoms with Crippen molar-refractivity contribution in [2.75, 3.05) is 6.54 Å². The Kier molecular flexibility index (Phi) is 5.65. The summed E-state index contributed by atoms with van der Waals surface area (Å²) in [4.78, 5) is 13.2. The predicted octanol–water partition coefficient (Wildman–Crippen LogP) is 3.84. The first-order valence-electron chi connectivity index (χ1n) is 6.79. The molecule has 5 heteroatoms. The fourth-order valence-corrected chi connectivity index (χ4v) is 2.68. The third kappa shape index (κ3) is 4.76. The lowest BCUT2D eigenvalue weighted by Crippen LogP contribution is -2.37. The zero-order valence-electron chi connectivity index (χ0n) is 12.1. The number of halogens is 1. The average molecular weight is 324 g/mol. The average Bonchev–Trinajstić information content (AvgIpc) is 2.96. The van der Waals surface area contributed by atoms with Gasteiger partial charge in [-0.3, -0.25) is 4.79 Å². The van der Waals surface area contributed by atoms with Gasteiger partial charge in [0.2, 0.25) is 0 Å². The number of rotatable bonds is 6. The summed E-state index contributed by atoms with van der Waals surface area (Å²) in [7, 11) is 0. The van der Waals surface area contributed by atoms with Crippen LogP contribution in [0.5, 0.6) is 5.75 Å². The van der Waals surface area contributed by atoms with Crippen molar-refractivity contribution in [3.05, 3.63) is 51.2 Å². The first-order valence-corrected chi connectivity index (χ1v) is 8.05. The molecule has 0 aliphatic heterocycles. The number of carbonyl (C=O) groups is 1. The van der Waals surface area contributed by atoms with Crippen LogP contribution in [0, 0.1) is 6.92 Å². The van der Waals surface area contributed by atoms with Crippen molar-refractivity contribution in [2.45, 2.75) is 26.4 Å². The Hall–Kier alpha value is -1.52. The summed E-state index contributed by atoms with van der Waals surface area (Å²) < 4.78 is 5.63. The molecule has 0 bridgehead atoms. The summed E-state index contributed by atoms with van der Waals surface area (Å²) in [5, 5.41) is 5.61. The number of amides is 1. The molecular weight excluding hydrogens is 306 g/mol. The Bertz CT molecular complexity index is 598. The van der Waals surface area contributed by atoms with E-state index in [0.717, 1.165) is 12.0 Å². The maximum atomic E-state index is 12.0. The number of thiophene rings is 1. The zero-order valence-corrected chi connectivity index (χ0v) is 13.6. The number of ether oxygens (including phenoxy) is 1. The van der Waals surface area contributed by atoms with E-state index in [-0.39, 0.29) is 5.91 Å². The molecule has 2 rings (SSSR count). The van der Waals surface area contributed by atoms with Crippen molar-refractivity contribution in [2.24, 2.45) is 0 Å². The number of aryl methyl sites for hydroxylation is 1. The van der Waals surface area contributed by atoms with E-state index in [1.54, 1.807) is 30.4 Å². The molecule has 0 aliphatic carbocycles. The third-order valence-electron chi connectivity index (χ3n) is 3.06. The van der Waals surface area contributed by atoms with E-state index in [1.165, 1.54) is 4.88 Å². The molecule has 0 aliphatic rings. The number of hydrogen-bond donors (Lipinski definition) is 1. The minimum Gasteiger partial charge on any atom is -0.481 e. The van der Waals surface area contributed by atoms with Gasteiger partial charge in [0.15, 0.2) is 6.10 Å². The predicted molar refractivity (Wildman–Crippen MR) is 87.3 cm³/mol. The van der Waals surface area contributed by atoms with Crippen molar-refractivity contribution in [3.63, 3.8) is 0 Å². The Balaban J connectivity index is 1.80. The van der Waals surface area contributed by atoms with E-state index in [0.29, 0.717) is 17.3 Å². The monoisotopic (exact) mass is 323 g/mol. The summed E-state index contributed by atoms with van der Waals surface area (Å²) in [6.45, 7) is 4.26. The fourth-order valence-electron chi connectivity index (χ4n) is 1.86. The summed E-state index contributed by atoms with van der Waals surface area (Å²) in [6.07, 6.45) is 0.310. The van der Waals surface area contributed by atoms with Crippen molar-refractivity contribution in [1.29, 1.82) is 0 Å². The van der Waals surface area contributed by atoms with Gasteiger partial charge in [0.25, 0.3) is 5.91 Å². The van der Waals surface area contributed by atoms with Crippen molar-refractivity contribution < 1.29 is 9.53 Å². The van der Waals surface area contributed by atoms with Crippen LogP contribution < -0.4 is 10.1 Å². The zero-order chi connectivity index (χ0) is 15.2. The van der Waals surface area contributed by atoms with Crippen molar-refractivity contribution in [3.8, 4) is 5.75 Å². The maximum absolute atomic E-state index is 12.0. The summed E-state index contributed by atoms with van der Waals surface area (Å²) in [5.74, 6) is 0.539. The van der Waals surface area contributed by atoms with Crippen LogP contribution in [0.3, 0.4) is 0 Å². The third-order valence-corrected chi connectivity index (χ3v) is 4.42.